The first kappa shape index (κ1) is 31.9. The van der Waals surface area contributed by atoms with Crippen molar-refractivity contribution in [3.63, 3.8) is 0 Å². The Morgan fingerprint density at radius 3 is 1.53 bits per heavy atom. The van der Waals surface area contributed by atoms with Crippen LogP contribution in [0.1, 0.15) is 25.0 Å². The molecule has 12 aromatic rings. The number of hydrogen-bond acceptors (Lipinski definition) is 1. The molecular weight excluding hydrogens is 701 g/mol. The van der Waals surface area contributed by atoms with Gasteiger partial charge in [0, 0.05) is 21.6 Å². The third kappa shape index (κ3) is 4.20. The van der Waals surface area contributed by atoms with Gasteiger partial charge < -0.3 is 4.42 Å². The molecule has 0 saturated carbocycles. The van der Waals surface area contributed by atoms with E-state index in [-0.39, 0.29) is 5.41 Å². The molecule has 1 nitrogen and oxygen atoms in total. The number of hydrogen-bond donors (Lipinski definition) is 0. The van der Waals surface area contributed by atoms with Crippen LogP contribution in [0.3, 0.4) is 0 Å². The van der Waals surface area contributed by atoms with Crippen molar-refractivity contribution in [2.45, 2.75) is 19.3 Å². The Morgan fingerprint density at radius 1 is 0.345 bits per heavy atom. The van der Waals surface area contributed by atoms with Gasteiger partial charge in [0.2, 0.25) is 0 Å². The topological polar surface area (TPSA) is 13.1 Å². The van der Waals surface area contributed by atoms with E-state index in [9.17, 15) is 0 Å². The number of fused-ring (bicyclic) bond motifs is 16. The zero-order valence-corrected chi connectivity index (χ0v) is 32.2. The summed E-state index contributed by atoms with van der Waals surface area (Å²) in [5.41, 5.74) is 12.2. The third-order valence-corrected chi connectivity index (χ3v) is 13.3. The normalized spacial score (nSPS) is 13.5. The van der Waals surface area contributed by atoms with Gasteiger partial charge in [0.1, 0.15) is 11.2 Å². The van der Waals surface area contributed by atoms with Crippen LogP contribution in [-0.2, 0) is 5.41 Å². The van der Waals surface area contributed by atoms with E-state index in [1.54, 1.807) is 0 Å². The van der Waals surface area contributed by atoms with Gasteiger partial charge in [-0.25, -0.2) is 0 Å². The van der Waals surface area contributed by atoms with E-state index in [4.69, 9.17) is 4.42 Å². The average Bonchev–Trinajstić information content (AvgIpc) is 3.76. The summed E-state index contributed by atoms with van der Waals surface area (Å²) in [6.45, 7) is 4.83. The third-order valence-electron chi connectivity index (χ3n) is 13.3. The van der Waals surface area contributed by atoms with Crippen LogP contribution in [0.4, 0.5) is 0 Å². The summed E-state index contributed by atoms with van der Waals surface area (Å²) < 4.78 is 6.54. The minimum atomic E-state index is -0.159. The minimum Gasteiger partial charge on any atom is -0.455 e. The Bertz CT molecular complexity index is 3710. The fourth-order valence-electron chi connectivity index (χ4n) is 10.8. The zero-order valence-electron chi connectivity index (χ0n) is 32.2. The van der Waals surface area contributed by atoms with Crippen molar-refractivity contribution in [3.8, 4) is 33.4 Å². The molecule has 1 aromatic heterocycles. The molecule has 0 radical (unpaired) electrons. The molecule has 0 saturated heterocycles. The molecule has 0 N–H and O–H groups in total. The van der Waals surface area contributed by atoms with Gasteiger partial charge in [-0.05, 0) is 140 Å². The average molecular weight is 737 g/mol. The monoisotopic (exact) mass is 736 g/mol. The fraction of sp³-hybridized carbons (Fsp3) is 0.0526. The first-order chi connectivity index (χ1) is 28.5. The molecule has 13 rings (SSSR count). The molecule has 0 amide bonds. The van der Waals surface area contributed by atoms with Crippen LogP contribution in [0.15, 0.2) is 186 Å². The van der Waals surface area contributed by atoms with Crippen molar-refractivity contribution in [1.82, 2.24) is 0 Å². The van der Waals surface area contributed by atoms with Crippen LogP contribution in [0.25, 0.3) is 120 Å². The highest BCUT2D eigenvalue weighted by molar-refractivity contribution is 6.24. The molecule has 0 spiro atoms. The molecule has 11 aromatic carbocycles. The van der Waals surface area contributed by atoms with E-state index in [1.807, 2.05) is 0 Å². The molecule has 1 heteroatoms. The number of furan rings is 1. The van der Waals surface area contributed by atoms with E-state index in [1.165, 1.54) is 104 Å². The van der Waals surface area contributed by atoms with Crippen LogP contribution < -0.4 is 0 Å². The smallest absolute Gasteiger partial charge is 0.143 e. The first-order valence-corrected chi connectivity index (χ1v) is 20.3. The summed E-state index contributed by atoms with van der Waals surface area (Å²) in [5.74, 6) is 0. The lowest BCUT2D eigenvalue weighted by atomic mass is 9.79. The quantitative estimate of drug-likeness (QED) is 0.127. The Morgan fingerprint density at radius 2 is 0.862 bits per heavy atom. The number of benzene rings is 11. The second-order valence-electron chi connectivity index (χ2n) is 16.7. The number of rotatable bonds is 2. The van der Waals surface area contributed by atoms with Crippen LogP contribution in [0.2, 0.25) is 0 Å². The summed E-state index contributed by atoms with van der Waals surface area (Å²) in [6, 6.07) is 67.6. The molecule has 0 atom stereocenters. The predicted octanol–water partition coefficient (Wildman–Crippen LogP) is 16.1. The Labute approximate surface area is 335 Å². The molecule has 0 aliphatic heterocycles. The lowest BCUT2D eigenvalue weighted by Crippen LogP contribution is -2.15. The molecule has 58 heavy (non-hydrogen) atoms. The predicted molar refractivity (Wildman–Crippen MR) is 247 cm³/mol. The molecule has 0 unspecified atom stereocenters. The van der Waals surface area contributed by atoms with Crippen LogP contribution in [0, 0.1) is 0 Å². The van der Waals surface area contributed by atoms with Gasteiger partial charge in [0.05, 0.1) is 0 Å². The summed E-state index contributed by atoms with van der Waals surface area (Å²) in [6.07, 6.45) is 0. The van der Waals surface area contributed by atoms with Crippen LogP contribution in [0.5, 0.6) is 0 Å². The van der Waals surface area contributed by atoms with Crippen molar-refractivity contribution in [2.24, 2.45) is 0 Å². The lowest BCUT2D eigenvalue weighted by Gasteiger charge is -2.24. The Hall–Kier alpha value is -7.22. The minimum absolute atomic E-state index is 0.159. The lowest BCUT2D eigenvalue weighted by molar-refractivity contribution is 0.667. The van der Waals surface area contributed by atoms with Crippen LogP contribution >= 0.6 is 0 Å². The van der Waals surface area contributed by atoms with E-state index in [0.29, 0.717) is 0 Å². The molecule has 270 valence electrons. The summed E-state index contributed by atoms with van der Waals surface area (Å²) in [4.78, 5) is 0. The van der Waals surface area contributed by atoms with E-state index in [2.05, 4.69) is 196 Å². The SMILES string of the molecule is CC1(C)c2cc3cc(-c4c5ccccc5c(-c5ccc6oc7c8ccccc8ccc7c6c5)c5ccccc45)ccc3cc2-c2c1c1ccccc1c1ccccc21. The summed E-state index contributed by atoms with van der Waals surface area (Å²) in [7, 11) is 0. The molecule has 1 aliphatic rings. The molecule has 1 heterocycles. The van der Waals surface area contributed by atoms with Gasteiger partial charge >= 0.3 is 0 Å². The maximum Gasteiger partial charge on any atom is 0.143 e. The van der Waals surface area contributed by atoms with Gasteiger partial charge in [0.25, 0.3) is 0 Å². The van der Waals surface area contributed by atoms with Crippen molar-refractivity contribution in [2.75, 3.05) is 0 Å². The Kier molecular flexibility index (Phi) is 6.29. The summed E-state index contributed by atoms with van der Waals surface area (Å²) >= 11 is 0. The van der Waals surface area contributed by atoms with E-state index in [0.717, 1.165) is 27.3 Å². The van der Waals surface area contributed by atoms with Crippen molar-refractivity contribution >= 4 is 86.6 Å². The van der Waals surface area contributed by atoms with Crippen molar-refractivity contribution < 1.29 is 4.42 Å². The highest BCUT2D eigenvalue weighted by atomic mass is 16.3. The zero-order chi connectivity index (χ0) is 38.3. The fourth-order valence-corrected chi connectivity index (χ4v) is 10.8. The van der Waals surface area contributed by atoms with E-state index < -0.39 is 0 Å². The van der Waals surface area contributed by atoms with Crippen LogP contribution in [-0.4, -0.2) is 0 Å². The van der Waals surface area contributed by atoms with Gasteiger partial charge in [-0.3, -0.25) is 0 Å². The van der Waals surface area contributed by atoms with Gasteiger partial charge in [-0.15, -0.1) is 0 Å². The van der Waals surface area contributed by atoms with Crippen molar-refractivity contribution in [1.29, 1.82) is 0 Å². The summed E-state index contributed by atoms with van der Waals surface area (Å²) in [5, 5.41) is 17.5. The molecular formula is C57H36O. The second-order valence-corrected chi connectivity index (χ2v) is 16.7. The highest BCUT2D eigenvalue weighted by Gasteiger charge is 2.38. The second kappa shape index (κ2) is 11.4. The van der Waals surface area contributed by atoms with E-state index >= 15 is 0 Å². The van der Waals surface area contributed by atoms with Gasteiger partial charge in [0.15, 0.2) is 0 Å². The maximum atomic E-state index is 6.54. The first-order valence-electron chi connectivity index (χ1n) is 20.3. The largest absolute Gasteiger partial charge is 0.455 e. The standard InChI is InChI=1S/C57H36O/c1-57(2)50-32-37-29-35(24-23-34(37)30-49(50)54-41-17-7-5-15-39(41)40-16-6-12-22-46(40)55(54)57)52-42-18-8-10-20-44(42)53(45-21-11-9-19-43(45)52)36-26-28-51-48(31-36)47-27-25-33-13-3-4-14-38(33)56(47)58-51/h3-32H,1-2H3. The van der Waals surface area contributed by atoms with Crippen molar-refractivity contribution in [3.05, 3.63) is 193 Å². The highest BCUT2D eigenvalue weighted by Crippen LogP contribution is 2.56. The maximum absolute atomic E-state index is 6.54. The molecule has 0 fully saturated rings. The Balaban J connectivity index is 1.03. The molecule has 1 aliphatic carbocycles. The van der Waals surface area contributed by atoms with Gasteiger partial charge in [-0.2, -0.15) is 0 Å². The van der Waals surface area contributed by atoms with Gasteiger partial charge in [-0.1, -0.05) is 159 Å². The molecule has 0 bridgehead atoms.